The van der Waals surface area contributed by atoms with Crippen molar-refractivity contribution < 1.29 is 4.42 Å². The molecule has 2 aliphatic carbocycles. The van der Waals surface area contributed by atoms with Gasteiger partial charge in [-0.05, 0) is 63.0 Å². The lowest BCUT2D eigenvalue weighted by molar-refractivity contribution is 0.372. The van der Waals surface area contributed by atoms with Crippen LogP contribution in [0.25, 0.3) is 0 Å². The molecule has 0 spiro atoms. The first-order chi connectivity index (χ1) is 13.7. The van der Waals surface area contributed by atoms with Crippen LogP contribution >= 0.6 is 0 Å². The van der Waals surface area contributed by atoms with Crippen LogP contribution in [-0.2, 0) is 13.0 Å². The van der Waals surface area contributed by atoms with Gasteiger partial charge in [-0.2, -0.15) is 5.10 Å². The van der Waals surface area contributed by atoms with Crippen molar-refractivity contribution >= 4 is 5.96 Å². The average molecular weight is 383 g/mol. The first kappa shape index (κ1) is 17.8. The molecular formula is C21H30N6O. The van der Waals surface area contributed by atoms with Gasteiger partial charge in [0.2, 0.25) is 0 Å². The number of nitrogens with one attached hydrogen (secondary N) is 2. The SMILES string of the molecule is Cc1nc2n(n1)CCCC2NC(=NCCc1ccco1)NC1CC2CCC1C2. The summed E-state index contributed by atoms with van der Waals surface area (Å²) in [7, 11) is 0. The minimum absolute atomic E-state index is 0.170. The molecule has 7 nitrogen and oxygen atoms in total. The molecule has 150 valence electrons. The van der Waals surface area contributed by atoms with E-state index in [-0.39, 0.29) is 6.04 Å². The molecule has 2 N–H and O–H groups in total. The number of guanidine groups is 1. The summed E-state index contributed by atoms with van der Waals surface area (Å²) >= 11 is 0. The van der Waals surface area contributed by atoms with Crippen molar-refractivity contribution in [2.45, 2.75) is 70.5 Å². The van der Waals surface area contributed by atoms with E-state index in [9.17, 15) is 0 Å². The molecule has 2 saturated carbocycles. The molecule has 0 aromatic carbocycles. The molecule has 0 amide bonds. The van der Waals surface area contributed by atoms with Gasteiger partial charge in [0.15, 0.2) is 5.96 Å². The molecule has 4 atom stereocenters. The molecule has 2 aromatic heterocycles. The van der Waals surface area contributed by atoms with Crippen molar-refractivity contribution in [2.75, 3.05) is 6.54 Å². The summed E-state index contributed by atoms with van der Waals surface area (Å²) in [6.07, 6.45) is 10.2. The third kappa shape index (κ3) is 3.66. The van der Waals surface area contributed by atoms with Crippen LogP contribution in [0.15, 0.2) is 27.8 Å². The number of nitrogens with zero attached hydrogens (tertiary/aromatic N) is 4. The number of rotatable bonds is 5. The van der Waals surface area contributed by atoms with Crippen molar-refractivity contribution in [1.29, 1.82) is 0 Å². The Morgan fingerprint density at radius 1 is 1.29 bits per heavy atom. The zero-order valence-electron chi connectivity index (χ0n) is 16.6. The highest BCUT2D eigenvalue weighted by atomic mass is 16.3. The van der Waals surface area contributed by atoms with Crippen molar-refractivity contribution in [1.82, 2.24) is 25.4 Å². The number of fused-ring (bicyclic) bond motifs is 3. The Hall–Kier alpha value is -2.31. The summed E-state index contributed by atoms with van der Waals surface area (Å²) in [5.74, 6) is 5.50. The van der Waals surface area contributed by atoms with Crippen LogP contribution in [0.4, 0.5) is 0 Å². The van der Waals surface area contributed by atoms with Crippen LogP contribution in [0.3, 0.4) is 0 Å². The number of hydrogen-bond donors (Lipinski definition) is 2. The topological polar surface area (TPSA) is 80.3 Å². The normalized spacial score (nSPS) is 29.1. The largest absolute Gasteiger partial charge is 0.469 e. The molecule has 28 heavy (non-hydrogen) atoms. The second-order valence-electron chi connectivity index (χ2n) is 8.56. The summed E-state index contributed by atoms with van der Waals surface area (Å²) in [5.41, 5.74) is 0. The van der Waals surface area contributed by atoms with Gasteiger partial charge in [0.1, 0.15) is 17.4 Å². The van der Waals surface area contributed by atoms with Gasteiger partial charge in [0.25, 0.3) is 0 Å². The Morgan fingerprint density at radius 2 is 2.25 bits per heavy atom. The van der Waals surface area contributed by atoms with Gasteiger partial charge in [0, 0.05) is 25.6 Å². The number of aryl methyl sites for hydroxylation is 2. The van der Waals surface area contributed by atoms with Gasteiger partial charge in [-0.25, -0.2) is 9.67 Å². The lowest BCUT2D eigenvalue weighted by Gasteiger charge is -2.29. The van der Waals surface area contributed by atoms with E-state index < -0.39 is 0 Å². The van der Waals surface area contributed by atoms with Gasteiger partial charge < -0.3 is 15.1 Å². The van der Waals surface area contributed by atoms with E-state index in [1.165, 1.54) is 25.7 Å². The number of hydrogen-bond acceptors (Lipinski definition) is 4. The maximum atomic E-state index is 5.46. The molecule has 1 aliphatic heterocycles. The van der Waals surface area contributed by atoms with E-state index in [0.29, 0.717) is 12.6 Å². The maximum absolute atomic E-state index is 5.46. The van der Waals surface area contributed by atoms with Crippen LogP contribution in [0.5, 0.6) is 0 Å². The highest BCUT2D eigenvalue weighted by Gasteiger charge is 2.40. The van der Waals surface area contributed by atoms with Crippen LogP contribution < -0.4 is 10.6 Å². The second-order valence-corrected chi connectivity index (χ2v) is 8.56. The Morgan fingerprint density at radius 3 is 3.04 bits per heavy atom. The summed E-state index contributed by atoms with van der Waals surface area (Å²) in [5, 5.41) is 12.0. The highest BCUT2D eigenvalue weighted by molar-refractivity contribution is 5.80. The maximum Gasteiger partial charge on any atom is 0.192 e. The Kier molecular flexibility index (Phi) is 4.82. The minimum Gasteiger partial charge on any atom is -0.469 e. The fraction of sp³-hybridized carbons (Fsp3) is 0.667. The Labute approximate surface area is 166 Å². The molecule has 5 rings (SSSR count). The number of aliphatic imine (C=N–C) groups is 1. The third-order valence-corrected chi connectivity index (χ3v) is 6.56. The zero-order valence-corrected chi connectivity index (χ0v) is 16.6. The number of furan rings is 1. The van der Waals surface area contributed by atoms with Gasteiger partial charge in [-0.15, -0.1) is 0 Å². The Bertz CT molecular complexity index is 826. The van der Waals surface area contributed by atoms with Crippen LogP contribution in [-0.4, -0.2) is 33.3 Å². The van der Waals surface area contributed by atoms with Crippen LogP contribution in [0, 0.1) is 18.8 Å². The van der Waals surface area contributed by atoms with Crippen LogP contribution in [0.2, 0.25) is 0 Å². The minimum atomic E-state index is 0.170. The standard InChI is InChI=1S/C21H30N6O/c1-14-23-20-18(5-2-10-27(20)26-14)24-21(22-9-8-17-4-3-11-28-17)25-19-13-15-6-7-16(19)12-15/h3-4,11,15-16,18-19H,2,5-10,12-13H2,1H3,(H2,22,24,25). The molecule has 3 heterocycles. The quantitative estimate of drug-likeness (QED) is 0.614. The molecule has 2 fully saturated rings. The first-order valence-electron chi connectivity index (χ1n) is 10.8. The smallest absolute Gasteiger partial charge is 0.192 e. The zero-order chi connectivity index (χ0) is 18.9. The van der Waals surface area contributed by atoms with E-state index in [0.717, 1.165) is 61.0 Å². The van der Waals surface area contributed by atoms with E-state index in [1.807, 2.05) is 19.1 Å². The predicted octanol–water partition coefficient (Wildman–Crippen LogP) is 2.98. The Balaban J connectivity index is 1.30. The van der Waals surface area contributed by atoms with E-state index >= 15 is 0 Å². The van der Waals surface area contributed by atoms with Gasteiger partial charge in [0.05, 0.1) is 12.3 Å². The monoisotopic (exact) mass is 382 g/mol. The van der Waals surface area contributed by atoms with Crippen molar-refractivity contribution in [3.8, 4) is 0 Å². The fourth-order valence-electron chi connectivity index (χ4n) is 5.23. The summed E-state index contributed by atoms with van der Waals surface area (Å²) in [4.78, 5) is 9.56. The van der Waals surface area contributed by atoms with E-state index in [4.69, 9.17) is 9.41 Å². The predicted molar refractivity (Wildman–Crippen MR) is 107 cm³/mol. The molecule has 4 unspecified atom stereocenters. The molecule has 0 radical (unpaired) electrons. The van der Waals surface area contributed by atoms with Crippen LogP contribution in [0.1, 0.15) is 62.0 Å². The molecule has 3 aliphatic rings. The number of aromatic nitrogens is 3. The first-order valence-corrected chi connectivity index (χ1v) is 10.8. The average Bonchev–Trinajstić information content (AvgIpc) is 3.46. The summed E-state index contributed by atoms with van der Waals surface area (Å²) in [6, 6.07) is 4.67. The summed E-state index contributed by atoms with van der Waals surface area (Å²) < 4.78 is 7.51. The highest BCUT2D eigenvalue weighted by Crippen LogP contribution is 2.44. The lowest BCUT2D eigenvalue weighted by atomic mass is 9.95. The molecule has 2 bridgehead atoms. The molecule has 0 saturated heterocycles. The van der Waals surface area contributed by atoms with Gasteiger partial charge in [-0.3, -0.25) is 4.99 Å². The molecule has 2 aromatic rings. The van der Waals surface area contributed by atoms with Gasteiger partial charge in [-0.1, -0.05) is 6.42 Å². The fourth-order valence-corrected chi connectivity index (χ4v) is 5.23. The second kappa shape index (κ2) is 7.60. The molecule has 7 heteroatoms. The third-order valence-electron chi connectivity index (χ3n) is 6.56. The van der Waals surface area contributed by atoms with Crippen molar-refractivity contribution in [3.05, 3.63) is 35.8 Å². The van der Waals surface area contributed by atoms with Crippen molar-refractivity contribution in [2.24, 2.45) is 16.8 Å². The lowest BCUT2D eigenvalue weighted by Crippen LogP contribution is -2.47. The molecular weight excluding hydrogens is 352 g/mol. The van der Waals surface area contributed by atoms with E-state index in [2.05, 4.69) is 25.4 Å². The van der Waals surface area contributed by atoms with E-state index in [1.54, 1.807) is 6.26 Å². The van der Waals surface area contributed by atoms with Gasteiger partial charge >= 0.3 is 0 Å². The summed E-state index contributed by atoms with van der Waals surface area (Å²) in [6.45, 7) is 3.63. The van der Waals surface area contributed by atoms with Crippen molar-refractivity contribution in [3.63, 3.8) is 0 Å².